The second-order valence-corrected chi connectivity index (χ2v) is 6.83. The number of carbonyl (C=O) groups is 1. The number of halogens is 2. The Hall–Kier alpha value is -1.74. The van der Waals surface area contributed by atoms with Crippen molar-refractivity contribution < 1.29 is 31.3 Å². The van der Waals surface area contributed by atoms with E-state index in [0.717, 1.165) is 31.6 Å². The molecule has 1 aliphatic heterocycles. The number of ether oxygens (including phenoxy) is 1. The monoisotopic (exact) mass is 349 g/mol. The minimum atomic E-state index is -5.62. The smallest absolute Gasteiger partial charge is 0.402 e. The van der Waals surface area contributed by atoms with Gasteiger partial charge in [-0.2, -0.15) is 17.2 Å². The lowest BCUT2D eigenvalue weighted by Gasteiger charge is -2.28. The number of anilines is 1. The van der Waals surface area contributed by atoms with Gasteiger partial charge in [0.1, 0.15) is 0 Å². The maximum atomic E-state index is 13.0. The molecule has 1 heterocycles. The van der Waals surface area contributed by atoms with E-state index in [1.165, 1.54) is 18.6 Å². The number of benzene rings is 1. The van der Waals surface area contributed by atoms with Crippen LogP contribution in [-0.4, -0.2) is 43.9 Å². The molecular weight excluding hydrogens is 332 g/mol. The number of nitrogens with zero attached hydrogens (tertiary/aromatic N) is 1. The van der Waals surface area contributed by atoms with Gasteiger partial charge in [-0.3, -0.25) is 4.55 Å². The molecule has 128 valence electrons. The summed E-state index contributed by atoms with van der Waals surface area (Å²) in [5.74, 6) is -1.08. The van der Waals surface area contributed by atoms with Crippen LogP contribution in [0, 0.1) is 0 Å². The van der Waals surface area contributed by atoms with E-state index in [1.54, 1.807) is 12.1 Å². The Kier molecular flexibility index (Phi) is 5.20. The summed E-state index contributed by atoms with van der Waals surface area (Å²) in [6.45, 7) is 0.104. The van der Waals surface area contributed by atoms with E-state index < -0.39 is 27.9 Å². The molecule has 1 aliphatic rings. The molecule has 6 nitrogen and oxygen atoms in total. The maximum Gasteiger partial charge on any atom is 0.402 e. The van der Waals surface area contributed by atoms with Gasteiger partial charge >= 0.3 is 21.3 Å². The Labute approximate surface area is 132 Å². The number of hydrogen-bond acceptors (Lipinski definition) is 5. The summed E-state index contributed by atoms with van der Waals surface area (Å²) in [4.78, 5) is 13.8. The van der Waals surface area contributed by atoms with Crippen LogP contribution in [0.15, 0.2) is 24.3 Å². The standard InChI is InChI=1S/C14H17F2NO5S/c15-14(16,23(19,20)21)10-22-13(18)11-4-6-12(7-5-11)17-8-2-1-3-9-17/h4-7H,1-3,8-10H2,(H,19,20,21). The third-order valence-corrected chi connectivity index (χ3v) is 4.45. The molecule has 9 heteroatoms. The van der Waals surface area contributed by atoms with Gasteiger partial charge in [0.25, 0.3) is 0 Å². The first-order valence-electron chi connectivity index (χ1n) is 7.08. The molecule has 0 unspecified atom stereocenters. The van der Waals surface area contributed by atoms with Crippen LogP contribution in [0.4, 0.5) is 14.5 Å². The van der Waals surface area contributed by atoms with Crippen molar-refractivity contribution >= 4 is 21.8 Å². The summed E-state index contributed by atoms with van der Waals surface area (Å²) in [5, 5.41) is -4.53. The Bertz CT molecular complexity index is 654. The largest absolute Gasteiger partial charge is 0.454 e. The number of hydrogen-bond donors (Lipinski definition) is 1. The Morgan fingerprint density at radius 2 is 1.74 bits per heavy atom. The Morgan fingerprint density at radius 3 is 2.26 bits per heavy atom. The molecule has 0 aromatic heterocycles. The molecule has 0 aliphatic carbocycles. The Morgan fingerprint density at radius 1 is 1.17 bits per heavy atom. The Balaban J connectivity index is 1.98. The van der Waals surface area contributed by atoms with E-state index in [0.29, 0.717) is 0 Å². The van der Waals surface area contributed by atoms with Gasteiger partial charge in [0, 0.05) is 18.8 Å². The first-order chi connectivity index (χ1) is 10.7. The van der Waals surface area contributed by atoms with Gasteiger partial charge in [0.05, 0.1) is 5.56 Å². The van der Waals surface area contributed by atoms with Gasteiger partial charge in [0.2, 0.25) is 0 Å². The van der Waals surface area contributed by atoms with E-state index in [2.05, 4.69) is 9.64 Å². The predicted molar refractivity (Wildman–Crippen MR) is 79.3 cm³/mol. The van der Waals surface area contributed by atoms with Crippen molar-refractivity contribution in [3.63, 3.8) is 0 Å². The fraction of sp³-hybridized carbons (Fsp3) is 0.500. The first-order valence-corrected chi connectivity index (χ1v) is 8.52. The highest BCUT2D eigenvalue weighted by atomic mass is 32.2. The molecule has 2 rings (SSSR count). The molecule has 23 heavy (non-hydrogen) atoms. The molecular formula is C14H17F2NO5S. The lowest BCUT2D eigenvalue weighted by atomic mass is 10.1. The summed E-state index contributed by atoms with van der Waals surface area (Å²) in [5.41, 5.74) is 0.946. The number of rotatable bonds is 5. The second-order valence-electron chi connectivity index (χ2n) is 5.28. The molecule has 1 saturated heterocycles. The van der Waals surface area contributed by atoms with Crippen molar-refractivity contribution in [1.29, 1.82) is 0 Å². The first kappa shape index (κ1) is 17.6. The normalized spacial score (nSPS) is 16.2. The van der Waals surface area contributed by atoms with E-state index in [4.69, 9.17) is 4.55 Å². The van der Waals surface area contributed by atoms with Gasteiger partial charge in [-0.1, -0.05) is 0 Å². The third-order valence-electron chi connectivity index (χ3n) is 3.57. The molecule has 1 aromatic rings. The lowest BCUT2D eigenvalue weighted by molar-refractivity contribution is -0.00950. The van der Waals surface area contributed by atoms with Gasteiger partial charge in [-0.05, 0) is 43.5 Å². The number of carbonyl (C=O) groups excluding carboxylic acids is 1. The zero-order valence-electron chi connectivity index (χ0n) is 12.2. The molecule has 1 aromatic carbocycles. The highest BCUT2D eigenvalue weighted by Crippen LogP contribution is 2.23. The van der Waals surface area contributed by atoms with Crippen molar-refractivity contribution in [3.8, 4) is 0 Å². The number of piperidine rings is 1. The molecule has 0 bridgehead atoms. The fourth-order valence-electron chi connectivity index (χ4n) is 2.27. The summed E-state index contributed by atoms with van der Waals surface area (Å²) in [6, 6.07) is 6.22. The van der Waals surface area contributed by atoms with Crippen LogP contribution in [0.25, 0.3) is 0 Å². The minimum absolute atomic E-state index is 0.0249. The van der Waals surface area contributed by atoms with Crippen LogP contribution in [0.3, 0.4) is 0 Å². The summed E-state index contributed by atoms with van der Waals surface area (Å²) >= 11 is 0. The summed E-state index contributed by atoms with van der Waals surface area (Å²) < 4.78 is 59.4. The summed E-state index contributed by atoms with van der Waals surface area (Å²) in [6.07, 6.45) is 3.37. The van der Waals surface area contributed by atoms with Crippen molar-refractivity contribution in [2.24, 2.45) is 0 Å². The van der Waals surface area contributed by atoms with Crippen LogP contribution in [0.5, 0.6) is 0 Å². The molecule has 1 fully saturated rings. The highest BCUT2D eigenvalue weighted by molar-refractivity contribution is 7.86. The van der Waals surface area contributed by atoms with Gasteiger partial charge in [0.15, 0.2) is 6.61 Å². The topological polar surface area (TPSA) is 83.9 Å². The lowest BCUT2D eigenvalue weighted by Crippen LogP contribution is -2.34. The van der Waals surface area contributed by atoms with Gasteiger partial charge < -0.3 is 9.64 Å². The molecule has 0 amide bonds. The predicted octanol–water partition coefficient (Wildman–Crippen LogP) is 2.31. The van der Waals surface area contributed by atoms with Crippen molar-refractivity contribution in [1.82, 2.24) is 0 Å². The zero-order valence-corrected chi connectivity index (χ0v) is 13.1. The SMILES string of the molecule is O=C(OCC(F)(F)S(=O)(=O)O)c1ccc(N2CCCCC2)cc1. The summed E-state index contributed by atoms with van der Waals surface area (Å²) in [7, 11) is -5.62. The number of alkyl halides is 2. The average molecular weight is 349 g/mol. The molecule has 1 N–H and O–H groups in total. The number of esters is 1. The van der Waals surface area contributed by atoms with Crippen LogP contribution < -0.4 is 4.90 Å². The van der Waals surface area contributed by atoms with E-state index in [9.17, 15) is 22.0 Å². The quantitative estimate of drug-likeness (QED) is 0.649. The average Bonchev–Trinajstić information content (AvgIpc) is 2.52. The maximum absolute atomic E-state index is 13.0. The van der Waals surface area contributed by atoms with Crippen LogP contribution in [0.1, 0.15) is 29.6 Å². The van der Waals surface area contributed by atoms with Crippen molar-refractivity contribution in [2.45, 2.75) is 24.5 Å². The second kappa shape index (κ2) is 6.79. The van der Waals surface area contributed by atoms with Crippen molar-refractivity contribution in [2.75, 3.05) is 24.6 Å². The molecule has 0 spiro atoms. The van der Waals surface area contributed by atoms with E-state index in [1.807, 2.05) is 0 Å². The van der Waals surface area contributed by atoms with Crippen LogP contribution in [-0.2, 0) is 14.9 Å². The van der Waals surface area contributed by atoms with Gasteiger partial charge in [-0.25, -0.2) is 4.79 Å². The molecule has 0 radical (unpaired) electrons. The van der Waals surface area contributed by atoms with Crippen LogP contribution in [0.2, 0.25) is 0 Å². The highest BCUT2D eigenvalue weighted by Gasteiger charge is 2.45. The van der Waals surface area contributed by atoms with E-state index in [-0.39, 0.29) is 5.56 Å². The van der Waals surface area contributed by atoms with Gasteiger partial charge in [-0.15, -0.1) is 0 Å². The zero-order chi connectivity index (χ0) is 17.1. The van der Waals surface area contributed by atoms with Crippen molar-refractivity contribution in [3.05, 3.63) is 29.8 Å². The fourth-order valence-corrected chi connectivity index (χ4v) is 2.48. The van der Waals surface area contributed by atoms with E-state index >= 15 is 0 Å². The molecule has 0 atom stereocenters. The van der Waals surface area contributed by atoms with Crippen LogP contribution >= 0.6 is 0 Å². The minimum Gasteiger partial charge on any atom is -0.454 e. The molecule has 0 saturated carbocycles. The third kappa shape index (κ3) is 4.38.